The molecular weight excluding hydrogens is 338 g/mol. The maximum atomic E-state index is 12.0. The summed E-state index contributed by atoms with van der Waals surface area (Å²) >= 11 is 1.64. The molecule has 2 aromatic rings. The molecule has 0 unspecified atom stereocenters. The lowest BCUT2D eigenvalue weighted by molar-refractivity contribution is 0.0465. The molecule has 1 N–H and O–H groups in total. The lowest BCUT2D eigenvalue weighted by Crippen LogP contribution is -2.44. The second kappa shape index (κ2) is 7.47. The van der Waals surface area contributed by atoms with Crippen LogP contribution in [0.5, 0.6) is 0 Å². The summed E-state index contributed by atoms with van der Waals surface area (Å²) in [5.41, 5.74) is -0.149. The predicted molar refractivity (Wildman–Crippen MR) is 97.4 cm³/mol. The van der Waals surface area contributed by atoms with Gasteiger partial charge in [0.1, 0.15) is 11.1 Å². The highest BCUT2D eigenvalue weighted by Gasteiger charge is 2.30. The zero-order valence-corrected chi connectivity index (χ0v) is 16.4. The van der Waals surface area contributed by atoms with Crippen LogP contribution in [0.3, 0.4) is 0 Å². The van der Waals surface area contributed by atoms with Crippen LogP contribution in [0, 0.1) is 6.92 Å². The molecule has 0 saturated carbocycles. The molecule has 0 aliphatic carbocycles. The highest BCUT2D eigenvalue weighted by Crippen LogP contribution is 2.26. The Balaban J connectivity index is 1.99. The van der Waals surface area contributed by atoms with Crippen LogP contribution >= 0.6 is 11.8 Å². The van der Waals surface area contributed by atoms with Crippen molar-refractivity contribution in [2.75, 3.05) is 0 Å². The number of aryl methyl sites for hydroxylation is 1. The number of carbonyl (C=O) groups excluding carboxylic acids is 1. The van der Waals surface area contributed by atoms with E-state index in [0.29, 0.717) is 17.5 Å². The van der Waals surface area contributed by atoms with E-state index in [-0.39, 0.29) is 0 Å². The minimum absolute atomic E-state index is 0.416. The average molecular weight is 363 g/mol. The van der Waals surface area contributed by atoms with Crippen LogP contribution in [0.25, 0.3) is 0 Å². The van der Waals surface area contributed by atoms with E-state index in [4.69, 9.17) is 9.26 Å². The second-order valence-corrected chi connectivity index (χ2v) is 8.33. The van der Waals surface area contributed by atoms with E-state index < -0.39 is 17.2 Å². The highest BCUT2D eigenvalue weighted by atomic mass is 32.2. The van der Waals surface area contributed by atoms with E-state index >= 15 is 0 Å². The van der Waals surface area contributed by atoms with Gasteiger partial charge in [-0.3, -0.25) is 0 Å². The zero-order valence-electron chi connectivity index (χ0n) is 15.5. The van der Waals surface area contributed by atoms with E-state index in [9.17, 15) is 4.79 Å². The molecule has 6 nitrogen and oxygen atoms in total. The molecule has 1 heterocycles. The third-order valence-electron chi connectivity index (χ3n) is 3.29. The lowest BCUT2D eigenvalue weighted by atomic mass is 10.1. The monoisotopic (exact) mass is 363 g/mol. The number of hydrogen-bond acceptors (Lipinski definition) is 6. The van der Waals surface area contributed by atoms with Gasteiger partial charge in [0.25, 0.3) is 0 Å². The van der Waals surface area contributed by atoms with Crippen molar-refractivity contribution in [1.29, 1.82) is 0 Å². The van der Waals surface area contributed by atoms with Gasteiger partial charge >= 0.3 is 6.09 Å². The molecule has 0 saturated heterocycles. The molecule has 136 valence electrons. The molecule has 0 spiro atoms. The Morgan fingerprint density at radius 2 is 1.92 bits per heavy atom. The summed E-state index contributed by atoms with van der Waals surface area (Å²) in [6, 6.07) is 8.14. The highest BCUT2D eigenvalue weighted by molar-refractivity contribution is 7.98. The maximum absolute atomic E-state index is 12.0. The number of ether oxygens (including phenoxy) is 1. The van der Waals surface area contributed by atoms with Crippen LogP contribution in [-0.2, 0) is 16.0 Å². The Labute approximate surface area is 152 Å². The van der Waals surface area contributed by atoms with E-state index in [1.54, 1.807) is 25.6 Å². The van der Waals surface area contributed by atoms with Crippen molar-refractivity contribution in [3.63, 3.8) is 0 Å². The number of rotatable bonds is 5. The van der Waals surface area contributed by atoms with Crippen molar-refractivity contribution < 1.29 is 14.1 Å². The van der Waals surface area contributed by atoms with Gasteiger partial charge in [-0.25, -0.2) is 4.79 Å². The number of nitrogens with one attached hydrogen (secondary N) is 1. The van der Waals surface area contributed by atoms with Crippen molar-refractivity contribution in [2.45, 2.75) is 63.3 Å². The van der Waals surface area contributed by atoms with Gasteiger partial charge in [0.05, 0.1) is 5.75 Å². The summed E-state index contributed by atoms with van der Waals surface area (Å²) in [6.07, 6.45) is -0.516. The molecule has 7 heteroatoms. The number of alkyl carbamates (subject to hydrolysis) is 1. The Bertz CT molecular complexity index is 735. The number of aromatic nitrogens is 2. The zero-order chi connectivity index (χ0) is 18.7. The van der Waals surface area contributed by atoms with Gasteiger partial charge in [-0.1, -0.05) is 23.4 Å². The molecule has 0 radical (unpaired) electrons. The van der Waals surface area contributed by atoms with Gasteiger partial charge < -0.3 is 14.6 Å². The number of hydrogen-bond donors (Lipinski definition) is 1. The van der Waals surface area contributed by atoms with Crippen molar-refractivity contribution >= 4 is 17.9 Å². The SMILES string of the molecule is Cc1ccccc1SCc1nc(C(C)(C)NC(=O)OC(C)(C)C)no1. The minimum atomic E-state index is -0.794. The fraction of sp³-hybridized carbons (Fsp3) is 0.500. The van der Waals surface area contributed by atoms with Crippen molar-refractivity contribution in [2.24, 2.45) is 0 Å². The molecule has 0 fully saturated rings. The van der Waals surface area contributed by atoms with Crippen LogP contribution in [-0.4, -0.2) is 21.8 Å². The fourth-order valence-corrected chi connectivity index (χ4v) is 2.91. The molecule has 1 aromatic carbocycles. The van der Waals surface area contributed by atoms with Crippen LogP contribution in [0.1, 0.15) is 51.9 Å². The number of thioether (sulfide) groups is 1. The largest absolute Gasteiger partial charge is 0.444 e. The first-order chi connectivity index (χ1) is 11.6. The summed E-state index contributed by atoms with van der Waals surface area (Å²) in [5.74, 6) is 1.50. The molecular formula is C18H25N3O3S. The Morgan fingerprint density at radius 1 is 1.24 bits per heavy atom. The summed E-state index contributed by atoms with van der Waals surface area (Å²) in [6.45, 7) is 11.1. The minimum Gasteiger partial charge on any atom is -0.444 e. The Kier molecular flexibility index (Phi) is 5.77. The first-order valence-electron chi connectivity index (χ1n) is 8.09. The quantitative estimate of drug-likeness (QED) is 0.792. The summed E-state index contributed by atoms with van der Waals surface area (Å²) in [5, 5.41) is 6.77. The summed E-state index contributed by atoms with van der Waals surface area (Å²) < 4.78 is 10.6. The van der Waals surface area contributed by atoms with Gasteiger partial charge in [0.15, 0.2) is 5.82 Å². The molecule has 25 heavy (non-hydrogen) atoms. The lowest BCUT2D eigenvalue weighted by Gasteiger charge is -2.26. The number of benzene rings is 1. The van der Waals surface area contributed by atoms with Gasteiger partial charge in [-0.15, -0.1) is 11.8 Å². The van der Waals surface area contributed by atoms with Gasteiger partial charge in [0, 0.05) is 4.90 Å². The van der Waals surface area contributed by atoms with E-state index in [2.05, 4.69) is 34.5 Å². The van der Waals surface area contributed by atoms with Crippen LogP contribution < -0.4 is 5.32 Å². The smallest absolute Gasteiger partial charge is 0.408 e. The molecule has 0 atom stereocenters. The van der Waals surface area contributed by atoms with Gasteiger partial charge in [-0.05, 0) is 53.2 Å². The van der Waals surface area contributed by atoms with E-state index in [0.717, 1.165) is 0 Å². The molecule has 0 aliphatic rings. The second-order valence-electron chi connectivity index (χ2n) is 7.32. The predicted octanol–water partition coefficient (Wildman–Crippen LogP) is 4.43. The van der Waals surface area contributed by atoms with E-state index in [1.807, 2.05) is 32.9 Å². The number of carbonyl (C=O) groups is 1. The molecule has 0 aliphatic heterocycles. The standard InChI is InChI=1S/C18H25N3O3S/c1-12-9-7-8-10-13(12)25-11-14-19-15(21-24-14)18(5,6)20-16(22)23-17(2,3)4/h7-10H,11H2,1-6H3,(H,20,22). The molecule has 1 amide bonds. The summed E-state index contributed by atoms with van der Waals surface area (Å²) in [7, 11) is 0. The molecule has 1 aromatic heterocycles. The third-order valence-corrected chi connectivity index (χ3v) is 4.45. The van der Waals surface area contributed by atoms with Crippen LogP contribution in [0.4, 0.5) is 4.79 Å². The van der Waals surface area contributed by atoms with Gasteiger partial charge in [0.2, 0.25) is 5.89 Å². The first kappa shape index (κ1) is 19.3. The normalized spacial score (nSPS) is 12.1. The van der Waals surface area contributed by atoms with Crippen molar-refractivity contribution in [1.82, 2.24) is 15.5 Å². The van der Waals surface area contributed by atoms with Crippen molar-refractivity contribution in [3.8, 4) is 0 Å². The van der Waals surface area contributed by atoms with Crippen molar-refractivity contribution in [3.05, 3.63) is 41.5 Å². The Morgan fingerprint density at radius 3 is 2.56 bits per heavy atom. The Hall–Kier alpha value is -2.02. The fourth-order valence-electron chi connectivity index (χ4n) is 2.04. The number of amides is 1. The molecule has 0 bridgehead atoms. The molecule has 2 rings (SSSR count). The van der Waals surface area contributed by atoms with Crippen LogP contribution in [0.2, 0.25) is 0 Å². The van der Waals surface area contributed by atoms with Crippen LogP contribution in [0.15, 0.2) is 33.7 Å². The van der Waals surface area contributed by atoms with Gasteiger partial charge in [-0.2, -0.15) is 4.98 Å². The summed E-state index contributed by atoms with van der Waals surface area (Å²) in [4.78, 5) is 17.6. The topological polar surface area (TPSA) is 77.2 Å². The number of nitrogens with zero attached hydrogens (tertiary/aromatic N) is 2. The maximum Gasteiger partial charge on any atom is 0.408 e. The van der Waals surface area contributed by atoms with E-state index in [1.165, 1.54) is 10.5 Å². The average Bonchev–Trinajstić information content (AvgIpc) is 2.93. The third kappa shape index (κ3) is 5.77. The first-order valence-corrected chi connectivity index (χ1v) is 9.08.